The van der Waals surface area contributed by atoms with Crippen molar-refractivity contribution in [1.82, 2.24) is 10.3 Å². The van der Waals surface area contributed by atoms with Crippen molar-refractivity contribution < 1.29 is 19.0 Å². The number of pyridine rings is 1. The Kier molecular flexibility index (Phi) is 5.08. The highest BCUT2D eigenvalue weighted by molar-refractivity contribution is 6.34. The summed E-state index contributed by atoms with van der Waals surface area (Å²) < 4.78 is 19.1. The maximum Gasteiger partial charge on any atom is 0.258 e. The number of carbonyl (C=O) groups excluding carboxylic acids is 1. The van der Waals surface area contributed by atoms with Crippen molar-refractivity contribution in [3.8, 4) is 11.6 Å². The lowest BCUT2D eigenvalue weighted by atomic mass is 10.1. The van der Waals surface area contributed by atoms with Gasteiger partial charge in [-0.25, -0.2) is 9.37 Å². The van der Waals surface area contributed by atoms with Crippen LogP contribution in [0.3, 0.4) is 0 Å². The summed E-state index contributed by atoms with van der Waals surface area (Å²) >= 11 is 6.16. The van der Waals surface area contributed by atoms with Gasteiger partial charge in [0, 0.05) is 6.20 Å². The minimum absolute atomic E-state index is 0.163. The first-order chi connectivity index (χ1) is 12.0. The Morgan fingerprint density at radius 2 is 2.24 bits per heavy atom. The second-order valence-corrected chi connectivity index (χ2v) is 6.54. The zero-order valence-corrected chi connectivity index (χ0v) is 14.4. The number of hydrogen-bond acceptors (Lipinski definition) is 4. The predicted molar refractivity (Wildman–Crippen MR) is 91.4 cm³/mol. The fraction of sp³-hybridized carbons (Fsp3) is 0.333. The quantitative estimate of drug-likeness (QED) is 0.816. The molecule has 5 nitrogen and oxygen atoms in total. The average Bonchev–Trinajstić information content (AvgIpc) is 3.39. The van der Waals surface area contributed by atoms with Crippen molar-refractivity contribution in [2.24, 2.45) is 5.92 Å². The van der Waals surface area contributed by atoms with Crippen molar-refractivity contribution in [3.05, 3.63) is 52.4 Å². The summed E-state index contributed by atoms with van der Waals surface area (Å²) in [5.41, 5.74) is 0.681. The molecule has 2 aromatic rings. The first-order valence-corrected chi connectivity index (χ1v) is 8.40. The molecule has 1 unspecified atom stereocenters. The molecule has 7 heteroatoms. The van der Waals surface area contributed by atoms with E-state index in [1.165, 1.54) is 24.4 Å². The number of halogens is 2. The van der Waals surface area contributed by atoms with Crippen LogP contribution in [-0.2, 0) is 0 Å². The molecule has 0 radical (unpaired) electrons. The van der Waals surface area contributed by atoms with Gasteiger partial charge >= 0.3 is 0 Å². The number of amides is 1. The number of aromatic hydroxyl groups is 1. The van der Waals surface area contributed by atoms with Gasteiger partial charge in [0.05, 0.1) is 17.7 Å². The molecule has 1 aromatic heterocycles. The molecule has 1 atom stereocenters. The lowest BCUT2D eigenvalue weighted by molar-refractivity contribution is 0.0934. The van der Waals surface area contributed by atoms with Gasteiger partial charge in [0.1, 0.15) is 5.56 Å². The number of nitrogens with zero attached hydrogens (tertiary/aromatic N) is 1. The maximum atomic E-state index is 13.5. The zero-order chi connectivity index (χ0) is 18.0. The molecule has 0 bridgehead atoms. The molecule has 1 aliphatic carbocycles. The minimum atomic E-state index is -0.744. The van der Waals surface area contributed by atoms with Crippen molar-refractivity contribution >= 4 is 17.5 Å². The molecule has 1 aliphatic rings. The van der Waals surface area contributed by atoms with Crippen molar-refractivity contribution in [2.75, 3.05) is 6.61 Å². The first kappa shape index (κ1) is 17.5. The van der Waals surface area contributed by atoms with Gasteiger partial charge in [-0.3, -0.25) is 4.79 Å². The van der Waals surface area contributed by atoms with Crippen molar-refractivity contribution in [2.45, 2.75) is 25.8 Å². The Bertz CT molecular complexity index is 796. The molecule has 3 rings (SSSR count). The van der Waals surface area contributed by atoms with Crippen LogP contribution >= 0.6 is 11.6 Å². The number of aromatic nitrogens is 1. The van der Waals surface area contributed by atoms with Crippen LogP contribution in [0.2, 0.25) is 5.02 Å². The van der Waals surface area contributed by atoms with Gasteiger partial charge in [0.2, 0.25) is 5.88 Å². The van der Waals surface area contributed by atoms with Gasteiger partial charge in [-0.05, 0) is 49.4 Å². The van der Waals surface area contributed by atoms with Crippen LogP contribution in [0.15, 0.2) is 30.5 Å². The number of nitrogens with one attached hydrogen (secondary N) is 1. The minimum Gasteiger partial charge on any atom is -0.505 e. The van der Waals surface area contributed by atoms with E-state index in [2.05, 4.69) is 10.3 Å². The Balaban J connectivity index is 1.76. The lowest BCUT2D eigenvalue weighted by Crippen LogP contribution is -2.28. The second kappa shape index (κ2) is 7.27. The summed E-state index contributed by atoms with van der Waals surface area (Å²) in [6.07, 6.45) is 3.72. The Labute approximate surface area is 149 Å². The molecular weight excluding hydrogens is 347 g/mol. The molecule has 0 spiro atoms. The lowest BCUT2D eigenvalue weighted by Gasteiger charge is -2.17. The summed E-state index contributed by atoms with van der Waals surface area (Å²) in [7, 11) is 0. The standard InChI is InChI=1S/C18H18ClFN2O3/c1-10(12-4-5-15(23)14(20)8-12)22-17(24)16-13(19)6-7-21-18(16)25-9-11-2-3-11/h4-8,10-11,23H,2-3,9H2,1H3,(H,22,24). The van der Waals surface area contributed by atoms with Gasteiger partial charge in [0.25, 0.3) is 5.91 Å². The predicted octanol–water partition coefficient (Wildman–Crippen LogP) is 3.86. The number of ether oxygens (including phenoxy) is 1. The number of benzene rings is 1. The molecule has 1 amide bonds. The Hall–Kier alpha value is -2.34. The fourth-order valence-electron chi connectivity index (χ4n) is 2.36. The molecule has 1 aromatic carbocycles. The summed E-state index contributed by atoms with van der Waals surface area (Å²) in [4.78, 5) is 16.7. The van der Waals surface area contributed by atoms with Crippen molar-refractivity contribution in [3.63, 3.8) is 0 Å². The highest BCUT2D eigenvalue weighted by Gasteiger charge is 2.25. The van der Waals surface area contributed by atoms with E-state index in [1.54, 1.807) is 13.0 Å². The van der Waals surface area contributed by atoms with Crippen LogP contribution in [0.25, 0.3) is 0 Å². The highest BCUT2D eigenvalue weighted by Crippen LogP contribution is 2.31. The van der Waals surface area contributed by atoms with Crippen LogP contribution in [0.4, 0.5) is 4.39 Å². The molecular formula is C18H18ClFN2O3. The summed E-state index contributed by atoms with van der Waals surface area (Å²) in [6, 6.07) is 4.99. The molecule has 25 heavy (non-hydrogen) atoms. The molecule has 0 aliphatic heterocycles. The van der Waals surface area contributed by atoms with E-state index in [1.807, 2.05) is 0 Å². The molecule has 1 saturated carbocycles. The normalized spacial score (nSPS) is 14.8. The number of rotatable bonds is 6. The summed E-state index contributed by atoms with van der Waals surface area (Å²) in [5, 5.41) is 12.3. The monoisotopic (exact) mass is 364 g/mol. The molecule has 132 valence electrons. The Morgan fingerprint density at radius 3 is 2.92 bits per heavy atom. The van der Waals surface area contributed by atoms with Gasteiger partial charge < -0.3 is 15.2 Å². The molecule has 0 saturated heterocycles. The third-order valence-corrected chi connectivity index (χ3v) is 4.38. The van der Waals surface area contributed by atoms with Crippen LogP contribution in [0.1, 0.15) is 41.7 Å². The van der Waals surface area contributed by atoms with Gasteiger partial charge in [-0.2, -0.15) is 0 Å². The average molecular weight is 365 g/mol. The largest absolute Gasteiger partial charge is 0.505 e. The topological polar surface area (TPSA) is 71.5 Å². The van der Waals surface area contributed by atoms with Gasteiger partial charge in [-0.15, -0.1) is 0 Å². The number of phenolic OH excluding ortho intramolecular Hbond substituents is 1. The van der Waals surface area contributed by atoms with E-state index in [0.29, 0.717) is 18.1 Å². The number of hydrogen-bond donors (Lipinski definition) is 2. The highest BCUT2D eigenvalue weighted by atomic mass is 35.5. The van der Waals surface area contributed by atoms with E-state index >= 15 is 0 Å². The molecule has 1 heterocycles. The third kappa shape index (κ3) is 4.20. The van der Waals surface area contributed by atoms with E-state index in [4.69, 9.17) is 16.3 Å². The SMILES string of the molecule is CC(NC(=O)c1c(Cl)ccnc1OCC1CC1)c1ccc(O)c(F)c1. The maximum absolute atomic E-state index is 13.5. The fourth-order valence-corrected chi connectivity index (χ4v) is 2.58. The van der Waals surface area contributed by atoms with Gasteiger partial charge in [0.15, 0.2) is 11.6 Å². The van der Waals surface area contributed by atoms with Gasteiger partial charge in [-0.1, -0.05) is 17.7 Å². The van der Waals surface area contributed by atoms with E-state index in [0.717, 1.165) is 12.8 Å². The van der Waals surface area contributed by atoms with E-state index < -0.39 is 23.5 Å². The van der Waals surface area contributed by atoms with Crippen LogP contribution in [-0.4, -0.2) is 22.6 Å². The Morgan fingerprint density at radius 1 is 1.48 bits per heavy atom. The van der Waals surface area contributed by atoms with Crippen LogP contribution in [0, 0.1) is 11.7 Å². The summed E-state index contributed by atoms with van der Waals surface area (Å²) in [6.45, 7) is 2.21. The number of phenols is 1. The van der Waals surface area contributed by atoms with E-state index in [9.17, 15) is 14.3 Å². The van der Waals surface area contributed by atoms with Crippen molar-refractivity contribution in [1.29, 1.82) is 0 Å². The van der Waals surface area contributed by atoms with Crippen LogP contribution in [0.5, 0.6) is 11.6 Å². The smallest absolute Gasteiger partial charge is 0.258 e. The van der Waals surface area contributed by atoms with Crippen LogP contribution < -0.4 is 10.1 Å². The van der Waals surface area contributed by atoms with E-state index in [-0.39, 0.29) is 16.5 Å². The second-order valence-electron chi connectivity index (χ2n) is 6.13. The first-order valence-electron chi connectivity index (χ1n) is 8.02. The number of carbonyl (C=O) groups is 1. The third-order valence-electron chi connectivity index (χ3n) is 4.06. The molecule has 2 N–H and O–H groups in total. The molecule has 1 fully saturated rings. The zero-order valence-electron chi connectivity index (χ0n) is 13.6. The summed E-state index contributed by atoms with van der Waals surface area (Å²) in [5.74, 6) is -0.929.